The molecule has 2 aromatic carbocycles. The summed E-state index contributed by atoms with van der Waals surface area (Å²) < 4.78 is 10.9. The number of halogens is 1. The Labute approximate surface area is 121 Å². The molecule has 0 fully saturated rings. The maximum absolute atomic E-state index is 11.0. The van der Waals surface area contributed by atoms with E-state index in [1.807, 2.05) is 0 Å². The Morgan fingerprint density at radius 3 is 2.70 bits per heavy atom. The number of hydrogen-bond donors (Lipinski definition) is 1. The van der Waals surface area contributed by atoms with E-state index in [1.54, 1.807) is 36.4 Å². The molecule has 0 atom stereocenters. The summed E-state index contributed by atoms with van der Waals surface area (Å²) in [6.45, 7) is -0.0949. The van der Waals surface area contributed by atoms with Crippen molar-refractivity contribution < 1.29 is 19.4 Å². The Hall–Kier alpha value is -2.04. The van der Waals surface area contributed by atoms with Gasteiger partial charge >= 0.3 is 0 Å². The maximum Gasteiger partial charge on any atom is 0.169 e. The van der Waals surface area contributed by atoms with Crippen LogP contribution in [0.15, 0.2) is 36.4 Å². The number of methoxy groups -OCH3 is 1. The van der Waals surface area contributed by atoms with Crippen LogP contribution in [-0.2, 0) is 6.61 Å². The van der Waals surface area contributed by atoms with E-state index in [0.29, 0.717) is 33.9 Å². The molecule has 0 aliphatic rings. The highest BCUT2D eigenvalue weighted by Crippen LogP contribution is 2.37. The highest BCUT2D eigenvalue weighted by atomic mass is 35.5. The van der Waals surface area contributed by atoms with E-state index in [-0.39, 0.29) is 12.4 Å². The normalized spacial score (nSPS) is 10.2. The molecule has 0 aliphatic carbocycles. The predicted octanol–water partition coefficient (Wildman–Crippen LogP) is 3.45. The van der Waals surface area contributed by atoms with E-state index in [2.05, 4.69) is 0 Å². The average Bonchev–Trinajstić information content (AvgIpc) is 2.49. The van der Waals surface area contributed by atoms with Crippen molar-refractivity contribution in [1.82, 2.24) is 0 Å². The second-order valence-corrected chi connectivity index (χ2v) is 4.43. The number of aldehydes is 1. The number of hydrogen-bond acceptors (Lipinski definition) is 4. The van der Waals surface area contributed by atoms with Gasteiger partial charge in [0.2, 0.25) is 0 Å². The third-order valence-corrected chi connectivity index (χ3v) is 3.04. The second kappa shape index (κ2) is 6.41. The van der Waals surface area contributed by atoms with Crippen molar-refractivity contribution >= 4 is 17.9 Å². The number of rotatable bonds is 5. The lowest BCUT2D eigenvalue weighted by atomic mass is 10.2. The number of aliphatic hydroxyl groups is 1. The van der Waals surface area contributed by atoms with Crippen LogP contribution in [0.25, 0.3) is 0 Å². The molecule has 0 saturated heterocycles. The first-order valence-corrected chi connectivity index (χ1v) is 6.26. The largest absolute Gasteiger partial charge is 0.493 e. The monoisotopic (exact) mass is 292 g/mol. The van der Waals surface area contributed by atoms with Gasteiger partial charge in [-0.25, -0.2) is 0 Å². The van der Waals surface area contributed by atoms with Crippen molar-refractivity contribution in [2.24, 2.45) is 0 Å². The summed E-state index contributed by atoms with van der Waals surface area (Å²) in [6.07, 6.45) is 0.676. The summed E-state index contributed by atoms with van der Waals surface area (Å²) in [7, 11) is 1.50. The summed E-state index contributed by atoms with van der Waals surface area (Å²) in [5, 5.41) is 9.44. The zero-order chi connectivity index (χ0) is 14.5. The van der Waals surface area contributed by atoms with Gasteiger partial charge < -0.3 is 14.6 Å². The summed E-state index contributed by atoms with van der Waals surface area (Å²) in [4.78, 5) is 11.0. The average molecular weight is 293 g/mol. The second-order valence-electron chi connectivity index (χ2n) is 4.02. The van der Waals surface area contributed by atoms with Gasteiger partial charge in [-0.2, -0.15) is 0 Å². The van der Waals surface area contributed by atoms with E-state index in [9.17, 15) is 4.79 Å². The van der Waals surface area contributed by atoms with E-state index in [4.69, 9.17) is 26.2 Å². The molecule has 0 amide bonds. The van der Waals surface area contributed by atoms with Crippen LogP contribution in [-0.4, -0.2) is 18.5 Å². The molecule has 1 N–H and O–H groups in total. The van der Waals surface area contributed by atoms with Gasteiger partial charge in [-0.15, -0.1) is 0 Å². The molecule has 2 aromatic rings. The Morgan fingerprint density at radius 1 is 1.25 bits per heavy atom. The fourth-order valence-electron chi connectivity index (χ4n) is 1.73. The van der Waals surface area contributed by atoms with Crippen LogP contribution in [0.4, 0.5) is 0 Å². The minimum absolute atomic E-state index is 0.0949. The lowest BCUT2D eigenvalue weighted by Crippen LogP contribution is -1.95. The van der Waals surface area contributed by atoms with Crippen molar-refractivity contribution in [3.63, 3.8) is 0 Å². The summed E-state index contributed by atoms with van der Waals surface area (Å²) in [5.41, 5.74) is 1.05. The molecular formula is C15H13ClO4. The summed E-state index contributed by atoms with van der Waals surface area (Å²) >= 11 is 6.05. The van der Waals surface area contributed by atoms with Crippen LogP contribution in [0.2, 0.25) is 5.02 Å². The van der Waals surface area contributed by atoms with Gasteiger partial charge in [-0.05, 0) is 29.8 Å². The zero-order valence-corrected chi connectivity index (χ0v) is 11.6. The van der Waals surface area contributed by atoms with Gasteiger partial charge in [0.1, 0.15) is 0 Å². The fourth-order valence-corrected chi connectivity index (χ4v) is 1.95. The van der Waals surface area contributed by atoms with Gasteiger partial charge in [0.15, 0.2) is 23.5 Å². The van der Waals surface area contributed by atoms with E-state index in [1.165, 1.54) is 7.11 Å². The quantitative estimate of drug-likeness (QED) is 0.858. The number of ether oxygens (including phenoxy) is 2. The third kappa shape index (κ3) is 2.92. The topological polar surface area (TPSA) is 55.8 Å². The lowest BCUT2D eigenvalue weighted by molar-refractivity contribution is 0.112. The first-order chi connectivity index (χ1) is 9.69. The van der Waals surface area contributed by atoms with Crippen LogP contribution in [0.5, 0.6) is 17.2 Å². The molecule has 0 bridgehead atoms. The van der Waals surface area contributed by atoms with Crippen molar-refractivity contribution in [1.29, 1.82) is 0 Å². The van der Waals surface area contributed by atoms with Crippen molar-refractivity contribution in [2.75, 3.05) is 7.11 Å². The number of para-hydroxylation sites is 1. The summed E-state index contributed by atoms with van der Waals surface area (Å²) in [5.74, 6) is 1.15. The Kier molecular flexibility index (Phi) is 4.61. The van der Waals surface area contributed by atoms with E-state index >= 15 is 0 Å². The summed E-state index contributed by atoms with van der Waals surface area (Å²) in [6, 6.07) is 9.94. The minimum Gasteiger partial charge on any atom is -0.493 e. The Morgan fingerprint density at radius 2 is 2.05 bits per heavy atom. The lowest BCUT2D eigenvalue weighted by Gasteiger charge is -2.13. The predicted molar refractivity (Wildman–Crippen MR) is 75.8 cm³/mol. The molecule has 2 rings (SSSR count). The number of benzene rings is 2. The molecule has 4 nitrogen and oxygen atoms in total. The molecule has 5 heteroatoms. The van der Waals surface area contributed by atoms with Crippen LogP contribution >= 0.6 is 11.6 Å². The SMILES string of the molecule is COc1cc(CO)ccc1Oc1c(Cl)cccc1C=O. The van der Waals surface area contributed by atoms with Crippen LogP contribution in [0, 0.1) is 0 Å². The first-order valence-electron chi connectivity index (χ1n) is 5.89. The molecule has 0 aliphatic heterocycles. The molecule has 0 radical (unpaired) electrons. The molecule has 0 saturated carbocycles. The Bertz CT molecular complexity index is 625. The molecule has 0 heterocycles. The Balaban J connectivity index is 2.42. The van der Waals surface area contributed by atoms with Crippen LogP contribution in [0.3, 0.4) is 0 Å². The zero-order valence-electron chi connectivity index (χ0n) is 10.8. The van der Waals surface area contributed by atoms with Crippen LogP contribution < -0.4 is 9.47 Å². The highest BCUT2D eigenvalue weighted by Gasteiger charge is 2.12. The molecule has 0 spiro atoms. The van der Waals surface area contributed by atoms with Gasteiger partial charge in [0.25, 0.3) is 0 Å². The maximum atomic E-state index is 11.0. The molecule has 0 unspecified atom stereocenters. The van der Waals surface area contributed by atoms with Gasteiger partial charge in [0.05, 0.1) is 24.3 Å². The number of carbonyl (C=O) groups excluding carboxylic acids is 1. The number of carbonyl (C=O) groups is 1. The molecule has 20 heavy (non-hydrogen) atoms. The fraction of sp³-hybridized carbons (Fsp3) is 0.133. The van der Waals surface area contributed by atoms with Crippen LogP contribution in [0.1, 0.15) is 15.9 Å². The molecular weight excluding hydrogens is 280 g/mol. The van der Waals surface area contributed by atoms with Crippen molar-refractivity contribution in [3.05, 3.63) is 52.5 Å². The highest BCUT2D eigenvalue weighted by molar-refractivity contribution is 6.32. The molecule has 104 valence electrons. The number of aliphatic hydroxyl groups excluding tert-OH is 1. The van der Waals surface area contributed by atoms with Gasteiger partial charge in [0, 0.05) is 0 Å². The minimum atomic E-state index is -0.0949. The first kappa shape index (κ1) is 14.4. The smallest absolute Gasteiger partial charge is 0.169 e. The van der Waals surface area contributed by atoms with E-state index < -0.39 is 0 Å². The molecule has 0 aromatic heterocycles. The van der Waals surface area contributed by atoms with Gasteiger partial charge in [-0.1, -0.05) is 23.7 Å². The standard InChI is InChI=1S/C15H13ClO4/c1-19-14-7-10(8-17)5-6-13(14)20-15-11(9-18)3-2-4-12(15)16/h2-7,9,17H,8H2,1H3. The van der Waals surface area contributed by atoms with Gasteiger partial charge in [-0.3, -0.25) is 4.79 Å². The van der Waals surface area contributed by atoms with Crippen molar-refractivity contribution in [2.45, 2.75) is 6.61 Å². The van der Waals surface area contributed by atoms with Crippen molar-refractivity contribution in [3.8, 4) is 17.2 Å². The third-order valence-electron chi connectivity index (χ3n) is 2.75. The van der Waals surface area contributed by atoms with E-state index in [0.717, 1.165) is 0 Å².